The SMILES string of the molecule is COC(C)(C)CCn1nc(Nc2ccccc2)c2cnc(Nc3ccc(N4CCN(C)CC4)cc3)nc21. The number of hydrogen-bond acceptors (Lipinski definition) is 8. The Labute approximate surface area is 218 Å². The van der Waals surface area contributed by atoms with E-state index in [4.69, 9.17) is 14.8 Å². The van der Waals surface area contributed by atoms with Gasteiger partial charge in [-0.2, -0.15) is 10.1 Å². The predicted molar refractivity (Wildman–Crippen MR) is 150 cm³/mol. The van der Waals surface area contributed by atoms with Crippen molar-refractivity contribution in [3.63, 3.8) is 0 Å². The van der Waals surface area contributed by atoms with Crippen LogP contribution in [0.25, 0.3) is 11.0 Å². The highest BCUT2D eigenvalue weighted by atomic mass is 16.5. The molecule has 4 aromatic rings. The molecule has 2 aromatic heterocycles. The molecule has 0 unspecified atom stereocenters. The van der Waals surface area contributed by atoms with E-state index in [1.165, 1.54) is 5.69 Å². The van der Waals surface area contributed by atoms with Crippen LogP contribution in [0.1, 0.15) is 20.3 Å². The molecule has 3 heterocycles. The zero-order valence-electron chi connectivity index (χ0n) is 22.1. The van der Waals surface area contributed by atoms with E-state index in [0.717, 1.165) is 60.8 Å². The second-order valence-corrected chi connectivity index (χ2v) is 10.2. The van der Waals surface area contributed by atoms with Crippen LogP contribution in [0.3, 0.4) is 0 Å². The Kier molecular flexibility index (Phi) is 7.25. The van der Waals surface area contributed by atoms with Crippen molar-refractivity contribution < 1.29 is 4.74 Å². The second kappa shape index (κ2) is 10.7. The number of fused-ring (bicyclic) bond motifs is 1. The van der Waals surface area contributed by atoms with Gasteiger partial charge in [0, 0.05) is 63.1 Å². The van der Waals surface area contributed by atoms with Gasteiger partial charge in [-0.15, -0.1) is 0 Å². The van der Waals surface area contributed by atoms with E-state index in [-0.39, 0.29) is 5.60 Å². The van der Waals surface area contributed by atoms with Gasteiger partial charge in [0.25, 0.3) is 0 Å². The van der Waals surface area contributed by atoms with Crippen molar-refractivity contribution in [2.24, 2.45) is 0 Å². The first kappa shape index (κ1) is 25.0. The Hall–Kier alpha value is -3.69. The zero-order chi connectivity index (χ0) is 25.8. The molecular formula is C28H36N8O. The molecule has 0 spiro atoms. The summed E-state index contributed by atoms with van der Waals surface area (Å²) < 4.78 is 7.56. The van der Waals surface area contributed by atoms with Gasteiger partial charge in [-0.3, -0.25) is 0 Å². The summed E-state index contributed by atoms with van der Waals surface area (Å²) in [6, 6.07) is 18.5. The number of hydrogen-bond donors (Lipinski definition) is 2. The van der Waals surface area contributed by atoms with Crippen molar-refractivity contribution in [2.75, 3.05) is 55.9 Å². The van der Waals surface area contributed by atoms with E-state index in [1.54, 1.807) is 7.11 Å². The molecule has 2 aromatic carbocycles. The smallest absolute Gasteiger partial charge is 0.229 e. The number of likely N-dealkylation sites (N-methyl/N-ethyl adjacent to an activating group) is 1. The number of aryl methyl sites for hydroxylation is 1. The lowest BCUT2D eigenvalue weighted by Crippen LogP contribution is -2.44. The second-order valence-electron chi connectivity index (χ2n) is 10.2. The molecule has 37 heavy (non-hydrogen) atoms. The Morgan fingerprint density at radius 3 is 2.32 bits per heavy atom. The number of ether oxygens (including phenoxy) is 1. The van der Waals surface area contributed by atoms with Crippen LogP contribution in [0.15, 0.2) is 60.8 Å². The summed E-state index contributed by atoms with van der Waals surface area (Å²) >= 11 is 0. The molecule has 1 saturated heterocycles. The first-order valence-electron chi connectivity index (χ1n) is 12.8. The summed E-state index contributed by atoms with van der Waals surface area (Å²) in [6.07, 6.45) is 2.63. The molecule has 9 nitrogen and oxygen atoms in total. The van der Waals surface area contributed by atoms with Gasteiger partial charge >= 0.3 is 0 Å². The van der Waals surface area contributed by atoms with Gasteiger partial charge in [-0.1, -0.05) is 18.2 Å². The van der Waals surface area contributed by atoms with Gasteiger partial charge in [0.05, 0.1) is 11.0 Å². The molecular weight excluding hydrogens is 464 g/mol. The lowest BCUT2D eigenvalue weighted by Gasteiger charge is -2.34. The van der Waals surface area contributed by atoms with Gasteiger partial charge in [0.1, 0.15) is 0 Å². The van der Waals surface area contributed by atoms with Crippen LogP contribution in [-0.2, 0) is 11.3 Å². The van der Waals surface area contributed by atoms with Crippen LogP contribution in [0, 0.1) is 0 Å². The summed E-state index contributed by atoms with van der Waals surface area (Å²) in [5, 5.41) is 12.5. The number of aromatic nitrogens is 4. The lowest BCUT2D eigenvalue weighted by atomic mass is 10.1. The van der Waals surface area contributed by atoms with Crippen molar-refractivity contribution in [1.29, 1.82) is 0 Å². The van der Waals surface area contributed by atoms with Crippen LogP contribution in [0.2, 0.25) is 0 Å². The van der Waals surface area contributed by atoms with E-state index in [1.807, 2.05) is 41.2 Å². The average molecular weight is 501 g/mol. The number of nitrogens with zero attached hydrogens (tertiary/aromatic N) is 6. The standard InChI is InChI=1S/C28H36N8O/c1-28(2,37-4)14-15-36-26-24(25(33-36)30-21-8-6-5-7-9-21)20-29-27(32-26)31-22-10-12-23(13-11-22)35-18-16-34(3)17-19-35/h5-13,20H,14-19H2,1-4H3,(H,30,33)(H,29,31,32). The highest BCUT2D eigenvalue weighted by molar-refractivity contribution is 5.89. The molecule has 0 saturated carbocycles. The minimum atomic E-state index is -0.259. The van der Waals surface area contributed by atoms with Gasteiger partial charge in [-0.25, -0.2) is 9.67 Å². The first-order valence-corrected chi connectivity index (χ1v) is 12.8. The minimum absolute atomic E-state index is 0.259. The fraction of sp³-hybridized carbons (Fsp3) is 0.393. The Morgan fingerprint density at radius 2 is 1.62 bits per heavy atom. The summed E-state index contributed by atoms with van der Waals surface area (Å²) in [7, 11) is 3.91. The molecule has 0 amide bonds. The molecule has 0 atom stereocenters. The molecule has 0 radical (unpaired) electrons. The number of para-hydroxylation sites is 1. The van der Waals surface area contributed by atoms with Gasteiger partial charge in [0.15, 0.2) is 11.5 Å². The highest BCUT2D eigenvalue weighted by Crippen LogP contribution is 2.27. The van der Waals surface area contributed by atoms with E-state index in [2.05, 4.69) is 70.6 Å². The van der Waals surface area contributed by atoms with Gasteiger partial charge < -0.3 is 25.2 Å². The van der Waals surface area contributed by atoms with Crippen molar-refractivity contribution in [2.45, 2.75) is 32.4 Å². The highest BCUT2D eigenvalue weighted by Gasteiger charge is 2.20. The van der Waals surface area contributed by atoms with Crippen molar-refractivity contribution in [1.82, 2.24) is 24.6 Å². The number of benzene rings is 2. The fourth-order valence-electron chi connectivity index (χ4n) is 4.35. The third-order valence-electron chi connectivity index (χ3n) is 7.00. The lowest BCUT2D eigenvalue weighted by molar-refractivity contribution is 0.0116. The molecule has 1 aliphatic rings. The maximum absolute atomic E-state index is 5.63. The molecule has 9 heteroatoms. The van der Waals surface area contributed by atoms with Crippen LogP contribution in [-0.4, -0.2) is 70.6 Å². The molecule has 0 aliphatic carbocycles. The summed E-state index contributed by atoms with van der Waals surface area (Å²) in [5.41, 5.74) is 3.67. The number of methoxy groups -OCH3 is 1. The van der Waals surface area contributed by atoms with Crippen LogP contribution >= 0.6 is 0 Å². The average Bonchev–Trinajstić information content (AvgIpc) is 3.25. The van der Waals surface area contributed by atoms with E-state index in [9.17, 15) is 0 Å². The third-order valence-corrected chi connectivity index (χ3v) is 7.00. The van der Waals surface area contributed by atoms with Crippen molar-refractivity contribution in [3.8, 4) is 0 Å². The number of rotatable bonds is 9. The summed E-state index contributed by atoms with van der Waals surface area (Å²) in [6.45, 7) is 9.10. The summed E-state index contributed by atoms with van der Waals surface area (Å²) in [5.74, 6) is 1.28. The topological polar surface area (TPSA) is 83.4 Å². The number of nitrogens with one attached hydrogen (secondary N) is 2. The van der Waals surface area contributed by atoms with Crippen LogP contribution in [0.4, 0.5) is 28.8 Å². The van der Waals surface area contributed by atoms with E-state index >= 15 is 0 Å². The van der Waals surface area contributed by atoms with E-state index < -0.39 is 0 Å². The molecule has 194 valence electrons. The predicted octanol–water partition coefficient (Wildman–Crippen LogP) is 4.88. The normalized spacial score (nSPS) is 14.8. The van der Waals surface area contributed by atoms with Crippen molar-refractivity contribution >= 4 is 39.9 Å². The monoisotopic (exact) mass is 500 g/mol. The third kappa shape index (κ3) is 6.00. The first-order chi connectivity index (χ1) is 17.9. The molecule has 5 rings (SSSR count). The van der Waals surface area contributed by atoms with Gasteiger partial charge in [0.2, 0.25) is 5.95 Å². The zero-order valence-corrected chi connectivity index (χ0v) is 22.1. The molecule has 0 bridgehead atoms. The van der Waals surface area contributed by atoms with Crippen LogP contribution in [0.5, 0.6) is 0 Å². The quantitative estimate of drug-likeness (QED) is 0.336. The Morgan fingerprint density at radius 1 is 0.919 bits per heavy atom. The van der Waals surface area contributed by atoms with E-state index in [0.29, 0.717) is 12.5 Å². The van der Waals surface area contributed by atoms with Crippen LogP contribution < -0.4 is 15.5 Å². The molecule has 1 fully saturated rings. The largest absolute Gasteiger partial charge is 0.379 e. The van der Waals surface area contributed by atoms with Crippen molar-refractivity contribution in [3.05, 3.63) is 60.8 Å². The Bertz CT molecular complexity index is 1310. The van der Waals surface area contributed by atoms with Gasteiger partial charge in [-0.05, 0) is 63.7 Å². The molecule has 2 N–H and O–H groups in total. The fourth-order valence-corrected chi connectivity index (χ4v) is 4.35. The molecule has 1 aliphatic heterocycles. The minimum Gasteiger partial charge on any atom is -0.379 e. The number of anilines is 5. The Balaban J connectivity index is 1.38. The maximum atomic E-state index is 5.63. The number of piperazine rings is 1. The maximum Gasteiger partial charge on any atom is 0.229 e. The summed E-state index contributed by atoms with van der Waals surface area (Å²) in [4.78, 5) is 14.3.